The second-order valence-electron chi connectivity index (χ2n) is 3.23. The lowest BCUT2D eigenvalue weighted by molar-refractivity contribution is -0.143. The van der Waals surface area contributed by atoms with Crippen molar-refractivity contribution in [3.63, 3.8) is 0 Å². The van der Waals surface area contributed by atoms with Crippen molar-refractivity contribution in [2.45, 2.75) is 39.4 Å². The van der Waals surface area contributed by atoms with Crippen LogP contribution < -0.4 is 0 Å². The van der Waals surface area contributed by atoms with Gasteiger partial charge in [0.1, 0.15) is 6.10 Å². The number of ether oxygens (including phenoxy) is 1. The SMILES string of the molecule is CCC(C)OC(C)C(=O)N(C)C. The first-order valence-electron chi connectivity index (χ1n) is 4.35. The van der Waals surface area contributed by atoms with Gasteiger partial charge in [0.15, 0.2) is 0 Å². The van der Waals surface area contributed by atoms with E-state index >= 15 is 0 Å². The van der Waals surface area contributed by atoms with Crippen LogP contribution in [0.2, 0.25) is 0 Å². The fraction of sp³-hybridized carbons (Fsp3) is 0.889. The minimum atomic E-state index is -0.324. The summed E-state index contributed by atoms with van der Waals surface area (Å²) in [5, 5.41) is 0. The van der Waals surface area contributed by atoms with Crippen LogP contribution in [0.5, 0.6) is 0 Å². The molecule has 3 nitrogen and oxygen atoms in total. The topological polar surface area (TPSA) is 29.5 Å². The maximum Gasteiger partial charge on any atom is 0.250 e. The average molecular weight is 173 g/mol. The van der Waals surface area contributed by atoms with Crippen molar-refractivity contribution in [2.75, 3.05) is 14.1 Å². The lowest BCUT2D eigenvalue weighted by atomic mass is 10.3. The molecule has 0 N–H and O–H groups in total. The number of carbonyl (C=O) groups excluding carboxylic acids is 1. The zero-order valence-corrected chi connectivity index (χ0v) is 8.63. The third-order valence-electron chi connectivity index (χ3n) is 1.80. The van der Waals surface area contributed by atoms with Gasteiger partial charge in [-0.05, 0) is 20.3 Å². The molecule has 0 aliphatic carbocycles. The van der Waals surface area contributed by atoms with Gasteiger partial charge < -0.3 is 9.64 Å². The highest BCUT2D eigenvalue weighted by atomic mass is 16.5. The van der Waals surface area contributed by atoms with Crippen molar-refractivity contribution in [1.82, 2.24) is 4.90 Å². The smallest absolute Gasteiger partial charge is 0.250 e. The van der Waals surface area contributed by atoms with Gasteiger partial charge in [-0.15, -0.1) is 0 Å². The Bertz CT molecular complexity index is 145. The number of amides is 1. The molecule has 0 bridgehead atoms. The lowest BCUT2D eigenvalue weighted by Crippen LogP contribution is -2.35. The number of likely N-dealkylation sites (N-methyl/N-ethyl adjacent to an activating group) is 1. The molecule has 0 aliphatic rings. The maximum absolute atomic E-state index is 11.3. The average Bonchev–Trinajstić information content (AvgIpc) is 2.02. The van der Waals surface area contributed by atoms with Gasteiger partial charge in [-0.3, -0.25) is 4.79 Å². The normalized spacial score (nSPS) is 15.4. The maximum atomic E-state index is 11.3. The van der Waals surface area contributed by atoms with Gasteiger partial charge in [-0.2, -0.15) is 0 Å². The van der Waals surface area contributed by atoms with Gasteiger partial charge >= 0.3 is 0 Å². The Kier molecular flexibility index (Phi) is 4.90. The lowest BCUT2D eigenvalue weighted by Gasteiger charge is -2.20. The molecule has 0 radical (unpaired) electrons. The Hall–Kier alpha value is -0.570. The van der Waals surface area contributed by atoms with E-state index in [0.717, 1.165) is 6.42 Å². The van der Waals surface area contributed by atoms with Gasteiger partial charge in [0.25, 0.3) is 5.91 Å². The van der Waals surface area contributed by atoms with E-state index in [1.54, 1.807) is 25.9 Å². The molecule has 12 heavy (non-hydrogen) atoms. The van der Waals surface area contributed by atoms with Crippen LogP contribution in [0, 0.1) is 0 Å². The van der Waals surface area contributed by atoms with Crippen molar-refractivity contribution in [3.05, 3.63) is 0 Å². The van der Waals surface area contributed by atoms with Crippen molar-refractivity contribution >= 4 is 5.91 Å². The number of nitrogens with zero attached hydrogens (tertiary/aromatic N) is 1. The van der Waals surface area contributed by atoms with Gasteiger partial charge in [-0.1, -0.05) is 6.92 Å². The van der Waals surface area contributed by atoms with E-state index in [-0.39, 0.29) is 18.1 Å². The quantitative estimate of drug-likeness (QED) is 0.641. The van der Waals surface area contributed by atoms with Gasteiger partial charge in [0, 0.05) is 14.1 Å². The van der Waals surface area contributed by atoms with E-state index in [1.165, 1.54) is 0 Å². The summed E-state index contributed by atoms with van der Waals surface area (Å²) in [5.41, 5.74) is 0. The number of rotatable bonds is 4. The number of carbonyl (C=O) groups is 1. The van der Waals surface area contributed by atoms with Gasteiger partial charge in [-0.25, -0.2) is 0 Å². The molecule has 0 aromatic rings. The molecule has 0 heterocycles. The second kappa shape index (κ2) is 5.14. The molecule has 0 rings (SSSR count). The van der Waals surface area contributed by atoms with Crippen molar-refractivity contribution in [1.29, 1.82) is 0 Å². The Morgan fingerprint density at radius 2 is 1.92 bits per heavy atom. The first kappa shape index (κ1) is 11.4. The summed E-state index contributed by atoms with van der Waals surface area (Å²) in [5.74, 6) is 0.0234. The van der Waals surface area contributed by atoms with Crippen LogP contribution in [0.25, 0.3) is 0 Å². The Morgan fingerprint density at radius 1 is 1.42 bits per heavy atom. The molecule has 0 spiro atoms. The van der Waals surface area contributed by atoms with Crippen LogP contribution in [-0.4, -0.2) is 37.1 Å². The van der Waals surface area contributed by atoms with E-state index in [1.807, 2.05) is 13.8 Å². The van der Waals surface area contributed by atoms with E-state index in [9.17, 15) is 4.79 Å². The molecule has 0 aromatic heterocycles. The number of hydrogen-bond donors (Lipinski definition) is 0. The molecule has 3 heteroatoms. The largest absolute Gasteiger partial charge is 0.366 e. The molecule has 0 saturated carbocycles. The van der Waals surface area contributed by atoms with Crippen molar-refractivity contribution in [2.24, 2.45) is 0 Å². The van der Waals surface area contributed by atoms with E-state index < -0.39 is 0 Å². The monoisotopic (exact) mass is 173 g/mol. The van der Waals surface area contributed by atoms with Crippen LogP contribution >= 0.6 is 0 Å². The van der Waals surface area contributed by atoms with Crippen LogP contribution in [0.1, 0.15) is 27.2 Å². The van der Waals surface area contributed by atoms with Crippen LogP contribution in [0.15, 0.2) is 0 Å². The zero-order valence-electron chi connectivity index (χ0n) is 8.63. The molecule has 1 amide bonds. The number of hydrogen-bond acceptors (Lipinski definition) is 2. The molecular weight excluding hydrogens is 154 g/mol. The summed E-state index contributed by atoms with van der Waals surface area (Å²) in [4.78, 5) is 12.8. The first-order chi connectivity index (χ1) is 5.49. The molecule has 72 valence electrons. The highest BCUT2D eigenvalue weighted by Crippen LogP contribution is 2.03. The first-order valence-corrected chi connectivity index (χ1v) is 4.35. The van der Waals surface area contributed by atoms with Crippen LogP contribution in [0.3, 0.4) is 0 Å². The summed E-state index contributed by atoms with van der Waals surface area (Å²) in [7, 11) is 3.47. The molecule has 0 saturated heterocycles. The minimum absolute atomic E-state index is 0.0234. The predicted molar refractivity (Wildman–Crippen MR) is 49.0 cm³/mol. The van der Waals surface area contributed by atoms with Gasteiger partial charge in [0.2, 0.25) is 0 Å². The second-order valence-corrected chi connectivity index (χ2v) is 3.23. The van der Waals surface area contributed by atoms with Gasteiger partial charge in [0.05, 0.1) is 6.10 Å². The Labute approximate surface area is 74.7 Å². The fourth-order valence-corrected chi connectivity index (χ4v) is 0.867. The molecule has 2 unspecified atom stereocenters. The van der Waals surface area contributed by atoms with E-state index in [4.69, 9.17) is 4.74 Å². The summed E-state index contributed by atoms with van der Waals surface area (Å²) in [6.45, 7) is 5.80. The standard InChI is InChI=1S/C9H19NO2/c1-6-7(2)12-8(3)9(11)10(4)5/h7-8H,6H2,1-5H3. The van der Waals surface area contributed by atoms with E-state index in [0.29, 0.717) is 0 Å². The van der Waals surface area contributed by atoms with Crippen molar-refractivity contribution in [3.8, 4) is 0 Å². The molecule has 0 aliphatic heterocycles. The molecule has 0 aromatic carbocycles. The Morgan fingerprint density at radius 3 is 2.25 bits per heavy atom. The summed E-state index contributed by atoms with van der Waals surface area (Å²) in [6, 6.07) is 0. The van der Waals surface area contributed by atoms with Crippen LogP contribution in [-0.2, 0) is 9.53 Å². The molecular formula is C9H19NO2. The third kappa shape index (κ3) is 3.72. The van der Waals surface area contributed by atoms with E-state index in [2.05, 4.69) is 0 Å². The zero-order chi connectivity index (χ0) is 9.72. The molecule has 2 atom stereocenters. The van der Waals surface area contributed by atoms with Crippen LogP contribution in [0.4, 0.5) is 0 Å². The third-order valence-corrected chi connectivity index (χ3v) is 1.80. The predicted octanol–water partition coefficient (Wildman–Crippen LogP) is 1.28. The highest BCUT2D eigenvalue weighted by Gasteiger charge is 2.16. The summed E-state index contributed by atoms with van der Waals surface area (Å²) >= 11 is 0. The molecule has 0 fully saturated rings. The van der Waals surface area contributed by atoms with Crippen molar-refractivity contribution < 1.29 is 9.53 Å². The highest BCUT2D eigenvalue weighted by molar-refractivity contribution is 5.79. The summed E-state index contributed by atoms with van der Waals surface area (Å²) < 4.78 is 5.43. The minimum Gasteiger partial charge on any atom is -0.366 e. The Balaban J connectivity index is 3.86. The fourth-order valence-electron chi connectivity index (χ4n) is 0.867. The summed E-state index contributed by atoms with van der Waals surface area (Å²) in [6.07, 6.45) is 0.768.